The first kappa shape index (κ1) is 24.0. The van der Waals surface area contributed by atoms with Gasteiger partial charge < -0.3 is 15.0 Å². The molecule has 0 bridgehead atoms. The summed E-state index contributed by atoms with van der Waals surface area (Å²) < 4.78 is 30.0. The van der Waals surface area contributed by atoms with Gasteiger partial charge in [-0.15, -0.1) is 0 Å². The summed E-state index contributed by atoms with van der Waals surface area (Å²) in [6.45, 7) is 5.56. The Kier molecular flexibility index (Phi) is 8.88. The summed E-state index contributed by atoms with van der Waals surface area (Å²) in [7, 11) is -3.46. The van der Waals surface area contributed by atoms with Crippen LogP contribution in [0, 0.1) is 0 Å². The lowest BCUT2D eigenvalue weighted by Crippen LogP contribution is -2.45. The molecule has 0 aliphatic carbocycles. The van der Waals surface area contributed by atoms with Crippen molar-refractivity contribution < 1.29 is 17.9 Å². The van der Waals surface area contributed by atoms with Crippen LogP contribution in [0.3, 0.4) is 0 Å². The Labute approximate surface area is 191 Å². The molecule has 1 saturated heterocycles. The van der Waals surface area contributed by atoms with Crippen molar-refractivity contribution in [3.63, 3.8) is 0 Å². The number of amides is 1. The molecule has 2 aromatic rings. The van der Waals surface area contributed by atoms with Gasteiger partial charge in [0.05, 0.1) is 11.3 Å². The first-order valence-electron chi connectivity index (χ1n) is 11.2. The Bertz CT molecular complexity index is 980. The number of rotatable bonds is 10. The summed E-state index contributed by atoms with van der Waals surface area (Å²) in [4.78, 5) is 15.1. The molecule has 1 N–H and O–H groups in total. The van der Waals surface area contributed by atoms with E-state index in [4.69, 9.17) is 4.74 Å². The van der Waals surface area contributed by atoms with Crippen LogP contribution in [0.15, 0.2) is 71.0 Å². The average molecular weight is 457 g/mol. The van der Waals surface area contributed by atoms with Gasteiger partial charge in [0.25, 0.3) is 0 Å². The second kappa shape index (κ2) is 11.8. The van der Waals surface area contributed by atoms with Crippen LogP contribution in [-0.4, -0.2) is 51.5 Å². The lowest BCUT2D eigenvalue weighted by Gasteiger charge is -2.32. The van der Waals surface area contributed by atoms with E-state index >= 15 is 0 Å². The number of ether oxygens (including phenoxy) is 1. The van der Waals surface area contributed by atoms with Crippen LogP contribution in [0.1, 0.15) is 31.7 Å². The second-order valence-electron chi connectivity index (χ2n) is 8.05. The second-order valence-corrected chi connectivity index (χ2v) is 9.88. The number of sulfone groups is 1. The van der Waals surface area contributed by atoms with E-state index in [1.807, 2.05) is 12.1 Å². The predicted octanol–water partition coefficient (Wildman–Crippen LogP) is 3.59. The number of hydrogen-bond acceptors (Lipinski definition) is 5. The smallest absolute Gasteiger partial charge is 0.224 e. The highest BCUT2D eigenvalue weighted by molar-refractivity contribution is 7.94. The van der Waals surface area contributed by atoms with E-state index in [0.717, 1.165) is 43.4 Å². The Morgan fingerprint density at radius 3 is 2.44 bits per heavy atom. The molecule has 0 radical (unpaired) electrons. The summed E-state index contributed by atoms with van der Waals surface area (Å²) >= 11 is 0. The average Bonchev–Trinajstić information content (AvgIpc) is 2.80. The van der Waals surface area contributed by atoms with Crippen LogP contribution in [0.5, 0.6) is 5.75 Å². The highest BCUT2D eigenvalue weighted by atomic mass is 32.2. The van der Waals surface area contributed by atoms with Gasteiger partial charge in [0.15, 0.2) is 9.84 Å². The van der Waals surface area contributed by atoms with Crippen LogP contribution in [0.4, 0.5) is 0 Å². The molecule has 7 heteroatoms. The zero-order valence-corrected chi connectivity index (χ0v) is 19.4. The van der Waals surface area contributed by atoms with Crippen LogP contribution >= 0.6 is 0 Å². The molecule has 6 nitrogen and oxygen atoms in total. The van der Waals surface area contributed by atoms with E-state index in [1.165, 1.54) is 12.5 Å². The van der Waals surface area contributed by atoms with E-state index < -0.39 is 9.84 Å². The Balaban J connectivity index is 1.41. The summed E-state index contributed by atoms with van der Waals surface area (Å²) in [5.41, 5.74) is 0.917. The van der Waals surface area contributed by atoms with Crippen LogP contribution < -0.4 is 10.1 Å². The molecule has 2 aromatic carbocycles. The predicted molar refractivity (Wildman–Crippen MR) is 126 cm³/mol. The first-order valence-corrected chi connectivity index (χ1v) is 12.7. The third-order valence-corrected chi connectivity index (χ3v) is 6.95. The summed E-state index contributed by atoms with van der Waals surface area (Å²) in [5, 5.41) is 4.31. The molecule has 0 atom stereocenters. The Morgan fingerprint density at radius 1 is 1.09 bits per heavy atom. The van der Waals surface area contributed by atoms with Crippen molar-refractivity contribution in [1.82, 2.24) is 10.2 Å². The third kappa shape index (κ3) is 7.50. The topological polar surface area (TPSA) is 75.7 Å². The molecule has 0 saturated carbocycles. The van der Waals surface area contributed by atoms with Gasteiger partial charge in [0.1, 0.15) is 12.4 Å². The van der Waals surface area contributed by atoms with Gasteiger partial charge in [0, 0.05) is 24.5 Å². The van der Waals surface area contributed by atoms with Crippen molar-refractivity contribution in [2.75, 3.05) is 26.2 Å². The number of likely N-dealkylation sites (tertiary alicyclic amines) is 1. The summed E-state index contributed by atoms with van der Waals surface area (Å²) in [6.07, 6.45) is 5.00. The van der Waals surface area contributed by atoms with Crippen molar-refractivity contribution >= 4 is 15.7 Å². The minimum atomic E-state index is -3.46. The molecule has 0 aromatic heterocycles. The third-order valence-electron chi connectivity index (χ3n) is 5.47. The van der Waals surface area contributed by atoms with E-state index in [9.17, 15) is 13.2 Å². The van der Waals surface area contributed by atoms with E-state index in [-0.39, 0.29) is 23.5 Å². The number of carbonyl (C=O) groups is 1. The van der Waals surface area contributed by atoms with Crippen molar-refractivity contribution in [3.8, 4) is 5.75 Å². The summed E-state index contributed by atoms with van der Waals surface area (Å²) in [6, 6.07) is 15.9. The molecule has 0 spiro atoms. The first-order chi connectivity index (χ1) is 15.5. The largest absolute Gasteiger partial charge is 0.490 e. The maximum absolute atomic E-state index is 12.4. The molecule has 0 unspecified atom stereocenters. The number of nitrogens with zero attached hydrogens (tertiary/aromatic N) is 1. The number of hydrogen-bond donors (Lipinski definition) is 1. The lowest BCUT2D eigenvalue weighted by molar-refractivity contribution is -0.121. The van der Waals surface area contributed by atoms with E-state index in [1.54, 1.807) is 42.5 Å². The van der Waals surface area contributed by atoms with E-state index in [2.05, 4.69) is 17.1 Å². The number of nitrogens with one attached hydrogen (secondary N) is 1. The van der Waals surface area contributed by atoms with Gasteiger partial charge in [-0.3, -0.25) is 4.79 Å². The molecule has 3 rings (SSSR count). The molecular weight excluding hydrogens is 424 g/mol. The van der Waals surface area contributed by atoms with Crippen LogP contribution in [-0.2, 0) is 21.1 Å². The molecule has 1 aliphatic rings. The molecule has 1 aliphatic heterocycles. The summed E-state index contributed by atoms with van der Waals surface area (Å²) in [5.74, 6) is 0.667. The monoisotopic (exact) mass is 456 g/mol. The van der Waals surface area contributed by atoms with Crippen LogP contribution in [0.25, 0.3) is 0 Å². The Morgan fingerprint density at radius 2 is 1.78 bits per heavy atom. The van der Waals surface area contributed by atoms with Gasteiger partial charge in [-0.25, -0.2) is 8.42 Å². The lowest BCUT2D eigenvalue weighted by atomic mass is 10.0. The van der Waals surface area contributed by atoms with Crippen molar-refractivity contribution in [3.05, 3.63) is 71.6 Å². The number of carbonyl (C=O) groups excluding carboxylic acids is 1. The molecule has 1 fully saturated rings. The fraction of sp³-hybridized carbons (Fsp3) is 0.400. The zero-order valence-electron chi connectivity index (χ0n) is 18.6. The van der Waals surface area contributed by atoms with Gasteiger partial charge in [-0.05, 0) is 61.7 Å². The number of piperidine rings is 1. The standard InChI is InChI=1S/C25H32N2O4S/c1-2-15-27-16-13-22(14-17-27)26-25(28)20-21-9-11-23(12-10-21)31-18-6-19-32(29,30)24-7-4-3-5-8-24/h3-12,19,22H,2,13-18,20H2,1H3,(H,26,28)/b19-6+. The van der Waals surface area contributed by atoms with Crippen molar-refractivity contribution in [1.29, 1.82) is 0 Å². The molecule has 172 valence electrons. The van der Waals surface area contributed by atoms with Gasteiger partial charge in [0.2, 0.25) is 5.91 Å². The Hall–Kier alpha value is -2.64. The van der Waals surface area contributed by atoms with Gasteiger partial charge in [-0.2, -0.15) is 0 Å². The molecule has 32 heavy (non-hydrogen) atoms. The maximum Gasteiger partial charge on any atom is 0.224 e. The van der Waals surface area contributed by atoms with Gasteiger partial charge in [-0.1, -0.05) is 37.3 Å². The maximum atomic E-state index is 12.4. The quantitative estimate of drug-likeness (QED) is 0.591. The molecule has 1 heterocycles. The van der Waals surface area contributed by atoms with Crippen molar-refractivity contribution in [2.24, 2.45) is 0 Å². The number of benzene rings is 2. The fourth-order valence-electron chi connectivity index (χ4n) is 3.78. The SMILES string of the molecule is CCCN1CCC(NC(=O)Cc2ccc(OC/C=C/S(=O)(=O)c3ccccc3)cc2)CC1. The normalized spacial score (nSPS) is 15.7. The molecular formula is C25H32N2O4S. The van der Waals surface area contributed by atoms with E-state index in [0.29, 0.717) is 12.2 Å². The highest BCUT2D eigenvalue weighted by Gasteiger charge is 2.20. The fourth-order valence-corrected chi connectivity index (χ4v) is 4.81. The van der Waals surface area contributed by atoms with Crippen molar-refractivity contribution in [2.45, 2.75) is 43.5 Å². The molecule has 1 amide bonds. The van der Waals surface area contributed by atoms with Gasteiger partial charge >= 0.3 is 0 Å². The zero-order chi connectivity index (χ0) is 22.8. The highest BCUT2D eigenvalue weighted by Crippen LogP contribution is 2.15. The minimum absolute atomic E-state index is 0.0432. The van der Waals surface area contributed by atoms with Crippen LogP contribution in [0.2, 0.25) is 0 Å². The minimum Gasteiger partial charge on any atom is -0.490 e.